The molecule has 7 heteroatoms. The molecule has 2 rings (SSSR count). The number of carbonyl (C=O) groups is 2. The summed E-state index contributed by atoms with van der Waals surface area (Å²) in [6.45, 7) is 0. The third-order valence-electron chi connectivity index (χ3n) is 2.51. The van der Waals surface area contributed by atoms with Crippen LogP contribution in [0.4, 0.5) is 11.4 Å². The summed E-state index contributed by atoms with van der Waals surface area (Å²) in [6.07, 6.45) is 1.43. The zero-order valence-corrected chi connectivity index (χ0v) is 10.9. The predicted molar refractivity (Wildman–Crippen MR) is 74.4 cm³/mol. The number of aromatic carboxylic acids is 1. The highest BCUT2D eigenvalue weighted by atomic mass is 35.5. The van der Waals surface area contributed by atoms with Gasteiger partial charge in [-0.1, -0.05) is 11.6 Å². The van der Waals surface area contributed by atoms with Crippen molar-refractivity contribution in [3.8, 4) is 0 Å². The van der Waals surface area contributed by atoms with Crippen LogP contribution in [0.2, 0.25) is 5.02 Å². The lowest BCUT2D eigenvalue weighted by Crippen LogP contribution is -2.13. The summed E-state index contributed by atoms with van der Waals surface area (Å²) in [5.74, 6) is -1.70. The Morgan fingerprint density at radius 3 is 2.60 bits per heavy atom. The summed E-state index contributed by atoms with van der Waals surface area (Å²) >= 11 is 5.99. The summed E-state index contributed by atoms with van der Waals surface area (Å²) < 4.78 is 0. The van der Waals surface area contributed by atoms with Gasteiger partial charge < -0.3 is 16.2 Å². The normalized spacial score (nSPS) is 10.1. The number of aromatic nitrogens is 1. The molecule has 1 amide bonds. The molecular formula is C13H10ClN3O3. The van der Waals surface area contributed by atoms with Crippen LogP contribution in [0.25, 0.3) is 0 Å². The van der Waals surface area contributed by atoms with Crippen molar-refractivity contribution < 1.29 is 14.7 Å². The van der Waals surface area contributed by atoms with Gasteiger partial charge in [-0.15, -0.1) is 0 Å². The van der Waals surface area contributed by atoms with Crippen LogP contribution in [0.3, 0.4) is 0 Å². The van der Waals surface area contributed by atoms with E-state index < -0.39 is 11.9 Å². The SMILES string of the molecule is NC(=O)c1cc(Nc2ccc(C(=O)O)cc2Cl)ccn1. The van der Waals surface area contributed by atoms with Crippen molar-refractivity contribution in [3.05, 3.63) is 52.8 Å². The lowest BCUT2D eigenvalue weighted by molar-refractivity contribution is 0.0696. The van der Waals surface area contributed by atoms with Crippen LogP contribution in [0.5, 0.6) is 0 Å². The van der Waals surface area contributed by atoms with Gasteiger partial charge in [0, 0.05) is 11.9 Å². The molecule has 0 saturated carbocycles. The monoisotopic (exact) mass is 291 g/mol. The van der Waals surface area contributed by atoms with Crippen molar-refractivity contribution in [1.29, 1.82) is 0 Å². The summed E-state index contributed by atoms with van der Waals surface area (Å²) in [6, 6.07) is 7.41. The van der Waals surface area contributed by atoms with Gasteiger partial charge in [0.2, 0.25) is 0 Å². The number of nitrogens with two attached hydrogens (primary N) is 1. The lowest BCUT2D eigenvalue weighted by atomic mass is 10.2. The quantitative estimate of drug-likeness (QED) is 0.801. The van der Waals surface area contributed by atoms with E-state index in [4.69, 9.17) is 22.4 Å². The molecule has 0 unspecified atom stereocenters. The number of carboxylic acids is 1. The molecule has 20 heavy (non-hydrogen) atoms. The van der Waals surface area contributed by atoms with E-state index in [2.05, 4.69) is 10.3 Å². The zero-order chi connectivity index (χ0) is 14.7. The van der Waals surface area contributed by atoms with Gasteiger partial charge in [0.1, 0.15) is 5.69 Å². The van der Waals surface area contributed by atoms with Crippen LogP contribution in [-0.4, -0.2) is 22.0 Å². The maximum absolute atomic E-state index is 11.0. The van der Waals surface area contributed by atoms with Crippen LogP contribution < -0.4 is 11.1 Å². The number of pyridine rings is 1. The van der Waals surface area contributed by atoms with Gasteiger partial charge in [-0.3, -0.25) is 9.78 Å². The van der Waals surface area contributed by atoms with Crippen LogP contribution >= 0.6 is 11.6 Å². The Morgan fingerprint density at radius 2 is 2.00 bits per heavy atom. The largest absolute Gasteiger partial charge is 0.478 e. The number of hydrogen-bond acceptors (Lipinski definition) is 4. The Morgan fingerprint density at radius 1 is 1.25 bits per heavy atom. The van der Waals surface area contributed by atoms with E-state index in [1.807, 2.05) is 0 Å². The second kappa shape index (κ2) is 5.58. The minimum absolute atomic E-state index is 0.0908. The molecule has 4 N–H and O–H groups in total. The lowest BCUT2D eigenvalue weighted by Gasteiger charge is -2.09. The molecule has 1 aromatic carbocycles. The smallest absolute Gasteiger partial charge is 0.335 e. The molecular weight excluding hydrogens is 282 g/mol. The number of nitrogens with zero attached hydrogens (tertiary/aromatic N) is 1. The van der Waals surface area contributed by atoms with Crippen molar-refractivity contribution in [2.45, 2.75) is 0 Å². The molecule has 0 aliphatic carbocycles. The highest BCUT2D eigenvalue weighted by Crippen LogP contribution is 2.26. The Labute approximate surface area is 119 Å². The topological polar surface area (TPSA) is 105 Å². The summed E-state index contributed by atoms with van der Waals surface area (Å²) in [5, 5.41) is 12.1. The summed E-state index contributed by atoms with van der Waals surface area (Å²) in [7, 11) is 0. The molecule has 0 aliphatic heterocycles. The molecule has 0 radical (unpaired) electrons. The minimum atomic E-state index is -1.06. The molecule has 0 fully saturated rings. The molecule has 102 valence electrons. The van der Waals surface area contributed by atoms with E-state index in [-0.39, 0.29) is 16.3 Å². The van der Waals surface area contributed by atoms with Crippen LogP contribution in [0.1, 0.15) is 20.8 Å². The van der Waals surface area contributed by atoms with Crippen molar-refractivity contribution >= 4 is 34.9 Å². The number of halogens is 1. The zero-order valence-electron chi connectivity index (χ0n) is 10.1. The van der Waals surface area contributed by atoms with E-state index in [0.717, 1.165) is 0 Å². The molecule has 0 spiro atoms. The van der Waals surface area contributed by atoms with Crippen LogP contribution in [0, 0.1) is 0 Å². The van der Waals surface area contributed by atoms with E-state index in [9.17, 15) is 9.59 Å². The van der Waals surface area contributed by atoms with Gasteiger partial charge in [-0.2, -0.15) is 0 Å². The second-order valence-corrected chi connectivity index (χ2v) is 4.33. The van der Waals surface area contributed by atoms with Gasteiger partial charge in [0.05, 0.1) is 16.3 Å². The van der Waals surface area contributed by atoms with E-state index in [1.165, 1.54) is 30.5 Å². The standard InChI is InChI=1S/C13H10ClN3O3/c14-9-5-7(13(19)20)1-2-10(9)17-8-3-4-16-11(6-8)12(15)18/h1-6H,(H2,15,18)(H,16,17)(H,19,20). The number of carbonyl (C=O) groups excluding carboxylic acids is 1. The minimum Gasteiger partial charge on any atom is -0.478 e. The fraction of sp³-hybridized carbons (Fsp3) is 0. The number of anilines is 2. The first kappa shape index (κ1) is 13.8. The summed E-state index contributed by atoms with van der Waals surface area (Å²) in [4.78, 5) is 25.7. The predicted octanol–water partition coefficient (Wildman–Crippen LogP) is 2.28. The average Bonchev–Trinajstić information content (AvgIpc) is 2.41. The van der Waals surface area contributed by atoms with Gasteiger partial charge >= 0.3 is 5.97 Å². The van der Waals surface area contributed by atoms with Crippen LogP contribution in [-0.2, 0) is 0 Å². The third-order valence-corrected chi connectivity index (χ3v) is 2.82. The molecule has 2 aromatic rings. The molecule has 6 nitrogen and oxygen atoms in total. The first-order valence-electron chi connectivity index (χ1n) is 5.53. The van der Waals surface area contributed by atoms with Crippen LogP contribution in [0.15, 0.2) is 36.5 Å². The van der Waals surface area contributed by atoms with Gasteiger partial charge in [0.15, 0.2) is 0 Å². The van der Waals surface area contributed by atoms with E-state index in [0.29, 0.717) is 11.4 Å². The molecule has 0 atom stereocenters. The number of nitrogens with one attached hydrogen (secondary N) is 1. The van der Waals surface area contributed by atoms with Crippen molar-refractivity contribution in [2.24, 2.45) is 5.73 Å². The Bertz CT molecular complexity index is 688. The number of amides is 1. The molecule has 0 aliphatic rings. The number of carboxylic acid groups (broad SMARTS) is 1. The Hall–Kier alpha value is -2.60. The molecule has 1 aromatic heterocycles. The maximum Gasteiger partial charge on any atom is 0.335 e. The number of benzene rings is 1. The fourth-order valence-corrected chi connectivity index (χ4v) is 1.78. The van der Waals surface area contributed by atoms with Gasteiger partial charge in [0.25, 0.3) is 5.91 Å². The van der Waals surface area contributed by atoms with Crippen molar-refractivity contribution in [2.75, 3.05) is 5.32 Å². The first-order chi connectivity index (χ1) is 9.47. The molecule has 0 saturated heterocycles. The number of rotatable bonds is 4. The second-order valence-electron chi connectivity index (χ2n) is 3.92. The van der Waals surface area contributed by atoms with Gasteiger partial charge in [-0.05, 0) is 30.3 Å². The van der Waals surface area contributed by atoms with Gasteiger partial charge in [-0.25, -0.2) is 4.79 Å². The first-order valence-corrected chi connectivity index (χ1v) is 5.91. The molecule has 1 heterocycles. The van der Waals surface area contributed by atoms with E-state index >= 15 is 0 Å². The van der Waals surface area contributed by atoms with Crippen molar-refractivity contribution in [3.63, 3.8) is 0 Å². The summed E-state index contributed by atoms with van der Waals surface area (Å²) in [5.41, 5.74) is 6.43. The highest BCUT2D eigenvalue weighted by molar-refractivity contribution is 6.33. The van der Waals surface area contributed by atoms with E-state index in [1.54, 1.807) is 6.07 Å². The number of primary amides is 1. The van der Waals surface area contributed by atoms with Crippen molar-refractivity contribution in [1.82, 2.24) is 4.98 Å². The Balaban J connectivity index is 2.28. The third kappa shape index (κ3) is 3.04. The molecule has 0 bridgehead atoms. The number of hydrogen-bond donors (Lipinski definition) is 3. The maximum atomic E-state index is 11.0. The fourth-order valence-electron chi connectivity index (χ4n) is 1.55. The highest BCUT2D eigenvalue weighted by Gasteiger charge is 2.08. The Kier molecular flexibility index (Phi) is 3.86. The average molecular weight is 292 g/mol.